The summed E-state index contributed by atoms with van der Waals surface area (Å²) in [5.41, 5.74) is 7.12. The van der Waals surface area contributed by atoms with E-state index in [9.17, 15) is 8.42 Å². The first-order valence-electron chi connectivity index (χ1n) is 5.01. The number of hydrogen-bond acceptors (Lipinski definition) is 3. The van der Waals surface area contributed by atoms with Crippen molar-refractivity contribution in [3.8, 4) is 0 Å². The average molecular weight is 261 g/mol. The van der Waals surface area contributed by atoms with Gasteiger partial charge in [-0.15, -0.1) is 0 Å². The van der Waals surface area contributed by atoms with E-state index < -0.39 is 10.0 Å². The van der Waals surface area contributed by atoms with E-state index in [2.05, 4.69) is 0 Å². The summed E-state index contributed by atoms with van der Waals surface area (Å²) in [5, 5.41) is 0.561. The molecular formula is C10H13ClN2O2S. The molecular weight excluding hydrogens is 248 g/mol. The molecule has 1 heterocycles. The second-order valence-corrected chi connectivity index (χ2v) is 6.37. The molecule has 2 N–H and O–H groups in total. The zero-order chi connectivity index (χ0) is 11.8. The van der Waals surface area contributed by atoms with E-state index in [1.54, 1.807) is 18.2 Å². The highest BCUT2D eigenvalue weighted by molar-refractivity contribution is 7.89. The first kappa shape index (κ1) is 11.7. The summed E-state index contributed by atoms with van der Waals surface area (Å²) < 4.78 is 24.7. The van der Waals surface area contributed by atoms with Gasteiger partial charge in [-0.3, -0.25) is 0 Å². The normalized spacial score (nSPS) is 20.1. The Morgan fingerprint density at radius 1 is 1.44 bits per heavy atom. The van der Waals surface area contributed by atoms with E-state index in [0.717, 1.165) is 5.56 Å². The van der Waals surface area contributed by atoms with Crippen molar-refractivity contribution >= 4 is 27.3 Å². The minimum atomic E-state index is -3.07. The average Bonchev–Trinajstić information content (AvgIpc) is 2.50. The molecule has 1 aromatic rings. The predicted molar refractivity (Wildman–Crippen MR) is 64.7 cm³/mol. The largest absolute Gasteiger partial charge is 0.398 e. The highest BCUT2D eigenvalue weighted by atomic mass is 35.5. The van der Waals surface area contributed by atoms with Crippen LogP contribution < -0.4 is 5.73 Å². The van der Waals surface area contributed by atoms with Gasteiger partial charge in [0.2, 0.25) is 10.0 Å². The van der Waals surface area contributed by atoms with Crippen LogP contribution in [-0.2, 0) is 16.6 Å². The molecule has 2 rings (SSSR count). The number of nitrogens with zero attached hydrogens (tertiary/aromatic N) is 1. The van der Waals surface area contributed by atoms with Crippen molar-refractivity contribution in [2.75, 3.05) is 18.0 Å². The summed E-state index contributed by atoms with van der Waals surface area (Å²) in [4.78, 5) is 0. The summed E-state index contributed by atoms with van der Waals surface area (Å²) in [7, 11) is -3.07. The van der Waals surface area contributed by atoms with Crippen LogP contribution in [0, 0.1) is 0 Å². The number of nitrogens with two attached hydrogens (primary N) is 1. The van der Waals surface area contributed by atoms with Crippen molar-refractivity contribution in [1.29, 1.82) is 0 Å². The van der Waals surface area contributed by atoms with E-state index in [0.29, 0.717) is 30.2 Å². The monoisotopic (exact) mass is 260 g/mol. The maximum absolute atomic E-state index is 11.6. The fourth-order valence-electron chi connectivity index (χ4n) is 1.77. The summed E-state index contributed by atoms with van der Waals surface area (Å²) >= 11 is 5.78. The van der Waals surface area contributed by atoms with E-state index in [1.165, 1.54) is 4.31 Å². The third-order valence-electron chi connectivity index (χ3n) is 2.66. The molecule has 1 fully saturated rings. The van der Waals surface area contributed by atoms with Crippen LogP contribution in [0.2, 0.25) is 5.02 Å². The zero-order valence-electron chi connectivity index (χ0n) is 8.69. The molecule has 0 radical (unpaired) electrons. The third-order valence-corrected chi connectivity index (χ3v) is 4.80. The maximum Gasteiger partial charge on any atom is 0.214 e. The quantitative estimate of drug-likeness (QED) is 0.819. The van der Waals surface area contributed by atoms with Crippen LogP contribution in [0.4, 0.5) is 5.69 Å². The third kappa shape index (κ3) is 2.31. The Morgan fingerprint density at radius 2 is 2.19 bits per heavy atom. The van der Waals surface area contributed by atoms with E-state index in [4.69, 9.17) is 17.3 Å². The molecule has 1 aliphatic rings. The molecule has 4 nitrogen and oxygen atoms in total. The van der Waals surface area contributed by atoms with Crippen molar-refractivity contribution in [2.24, 2.45) is 0 Å². The van der Waals surface area contributed by atoms with Crippen LogP contribution >= 0.6 is 11.6 Å². The van der Waals surface area contributed by atoms with E-state index >= 15 is 0 Å². The first-order valence-corrected chi connectivity index (χ1v) is 6.99. The van der Waals surface area contributed by atoms with E-state index in [-0.39, 0.29) is 5.75 Å². The Labute approximate surface area is 100 Å². The summed E-state index contributed by atoms with van der Waals surface area (Å²) in [6.45, 7) is 0.912. The Bertz CT molecular complexity index is 502. The molecule has 6 heteroatoms. The summed E-state index contributed by atoms with van der Waals surface area (Å²) in [5.74, 6) is 0.237. The smallest absolute Gasteiger partial charge is 0.214 e. The van der Waals surface area contributed by atoms with Crippen LogP contribution in [0.3, 0.4) is 0 Å². The number of benzene rings is 1. The standard InChI is InChI=1S/C10H13ClN2O2S/c11-9-3-2-8(10(12)6-9)7-13-4-1-5-16(13,14)15/h2-3,6H,1,4-5,7,12H2. The van der Waals surface area contributed by atoms with Crippen molar-refractivity contribution < 1.29 is 8.42 Å². The number of hydrogen-bond donors (Lipinski definition) is 1. The molecule has 0 amide bonds. The van der Waals surface area contributed by atoms with Gasteiger partial charge in [-0.25, -0.2) is 8.42 Å². The van der Waals surface area contributed by atoms with Crippen LogP contribution in [0.5, 0.6) is 0 Å². The van der Waals surface area contributed by atoms with Crippen molar-refractivity contribution in [3.63, 3.8) is 0 Å². The van der Waals surface area contributed by atoms with Gasteiger partial charge >= 0.3 is 0 Å². The highest BCUT2D eigenvalue weighted by Crippen LogP contribution is 2.23. The Morgan fingerprint density at radius 3 is 2.75 bits per heavy atom. The van der Waals surface area contributed by atoms with Gasteiger partial charge in [-0.2, -0.15) is 4.31 Å². The molecule has 0 unspecified atom stereocenters. The lowest BCUT2D eigenvalue weighted by Gasteiger charge is -2.15. The molecule has 1 aliphatic heterocycles. The minimum Gasteiger partial charge on any atom is -0.398 e. The number of anilines is 1. The summed E-state index contributed by atoms with van der Waals surface area (Å²) in [6, 6.07) is 5.13. The van der Waals surface area contributed by atoms with Crippen molar-refractivity contribution in [3.05, 3.63) is 28.8 Å². The van der Waals surface area contributed by atoms with Crippen LogP contribution in [0.15, 0.2) is 18.2 Å². The Hall–Kier alpha value is -0.780. The fraction of sp³-hybridized carbons (Fsp3) is 0.400. The second kappa shape index (κ2) is 4.24. The minimum absolute atomic E-state index is 0.237. The number of halogens is 1. The lowest BCUT2D eigenvalue weighted by atomic mass is 10.2. The fourth-order valence-corrected chi connectivity index (χ4v) is 3.44. The zero-order valence-corrected chi connectivity index (χ0v) is 10.3. The highest BCUT2D eigenvalue weighted by Gasteiger charge is 2.28. The van der Waals surface area contributed by atoms with Crippen LogP contribution in [0.25, 0.3) is 0 Å². The number of sulfonamides is 1. The molecule has 1 saturated heterocycles. The number of nitrogen functional groups attached to an aromatic ring is 1. The maximum atomic E-state index is 11.6. The molecule has 88 valence electrons. The van der Waals surface area contributed by atoms with Gasteiger partial charge in [0, 0.05) is 23.8 Å². The first-order chi connectivity index (χ1) is 7.49. The predicted octanol–water partition coefficient (Wildman–Crippen LogP) is 1.46. The molecule has 1 aromatic carbocycles. The summed E-state index contributed by atoms with van der Waals surface area (Å²) in [6.07, 6.45) is 0.690. The van der Waals surface area contributed by atoms with E-state index in [1.807, 2.05) is 0 Å². The lowest BCUT2D eigenvalue weighted by molar-refractivity contribution is 0.440. The molecule has 0 atom stereocenters. The van der Waals surface area contributed by atoms with Crippen LogP contribution in [-0.4, -0.2) is 25.0 Å². The van der Waals surface area contributed by atoms with Crippen molar-refractivity contribution in [1.82, 2.24) is 4.31 Å². The van der Waals surface area contributed by atoms with Gasteiger partial charge in [-0.1, -0.05) is 17.7 Å². The van der Waals surface area contributed by atoms with Gasteiger partial charge in [-0.05, 0) is 24.1 Å². The molecule has 0 saturated carbocycles. The molecule has 0 aromatic heterocycles. The van der Waals surface area contributed by atoms with Gasteiger partial charge < -0.3 is 5.73 Å². The molecule has 0 aliphatic carbocycles. The molecule has 0 bridgehead atoms. The topological polar surface area (TPSA) is 63.4 Å². The van der Waals surface area contributed by atoms with Crippen molar-refractivity contribution in [2.45, 2.75) is 13.0 Å². The van der Waals surface area contributed by atoms with Crippen LogP contribution in [0.1, 0.15) is 12.0 Å². The lowest BCUT2D eigenvalue weighted by Crippen LogP contribution is -2.25. The second-order valence-electron chi connectivity index (χ2n) is 3.85. The van der Waals surface area contributed by atoms with Gasteiger partial charge in [0.15, 0.2) is 0 Å². The van der Waals surface area contributed by atoms with Gasteiger partial charge in [0.1, 0.15) is 0 Å². The van der Waals surface area contributed by atoms with Gasteiger partial charge in [0.05, 0.1) is 5.75 Å². The Balaban J connectivity index is 2.21. The SMILES string of the molecule is Nc1cc(Cl)ccc1CN1CCCS1(=O)=O. The Kier molecular flexibility index (Phi) is 3.10. The molecule has 0 spiro atoms. The molecule has 16 heavy (non-hydrogen) atoms. The number of rotatable bonds is 2. The van der Waals surface area contributed by atoms with Gasteiger partial charge in [0.25, 0.3) is 0 Å².